The second kappa shape index (κ2) is 9.02. The Hall–Kier alpha value is -2.64. The molecule has 3 heterocycles. The van der Waals surface area contributed by atoms with E-state index in [0.29, 0.717) is 24.9 Å². The predicted molar refractivity (Wildman–Crippen MR) is 117 cm³/mol. The van der Waals surface area contributed by atoms with E-state index in [1.165, 1.54) is 12.8 Å². The number of carbonyl (C=O) groups is 1. The van der Waals surface area contributed by atoms with Crippen LogP contribution in [0.1, 0.15) is 49.8 Å². The smallest absolute Gasteiger partial charge is 0.222 e. The molecule has 8 heteroatoms. The summed E-state index contributed by atoms with van der Waals surface area (Å²) >= 11 is 0. The van der Waals surface area contributed by atoms with E-state index in [2.05, 4.69) is 31.3 Å². The second-order valence-corrected chi connectivity index (χ2v) is 8.81. The maximum absolute atomic E-state index is 12.6. The number of hydrogen-bond donors (Lipinski definition) is 1. The van der Waals surface area contributed by atoms with E-state index in [1.807, 2.05) is 32.1 Å². The fraction of sp³-hybridized carbons (Fsp3) is 0.636. The lowest BCUT2D eigenvalue weighted by Crippen LogP contribution is -2.35. The van der Waals surface area contributed by atoms with E-state index in [9.17, 15) is 4.79 Å². The average Bonchev–Trinajstić information content (AvgIpc) is 3.49. The third-order valence-electron chi connectivity index (χ3n) is 6.24. The maximum Gasteiger partial charge on any atom is 0.222 e. The molecule has 0 spiro atoms. The standard InChI is InChI=1S/C22H33N7O/c1-16-18(14-28(3)26-16)13-27(2)22(30)7-4-17-8-10-29(11-9-17)21-12-20(23-15-24-21)25-19-5-6-19/h12,14-15,17,19H,4-11,13H2,1-3H3,(H,23,24,25). The van der Waals surface area contributed by atoms with Crippen molar-refractivity contribution in [3.63, 3.8) is 0 Å². The fourth-order valence-electron chi connectivity index (χ4n) is 4.15. The van der Waals surface area contributed by atoms with E-state index >= 15 is 0 Å². The molecule has 0 atom stereocenters. The Morgan fingerprint density at radius 1 is 1.23 bits per heavy atom. The van der Waals surface area contributed by atoms with Gasteiger partial charge in [0.2, 0.25) is 5.91 Å². The minimum absolute atomic E-state index is 0.215. The molecule has 2 aromatic heterocycles. The Kier molecular flexibility index (Phi) is 6.20. The van der Waals surface area contributed by atoms with Crippen LogP contribution in [0.2, 0.25) is 0 Å². The van der Waals surface area contributed by atoms with Crippen LogP contribution in [0.4, 0.5) is 11.6 Å². The minimum Gasteiger partial charge on any atom is -0.367 e. The third-order valence-corrected chi connectivity index (χ3v) is 6.24. The van der Waals surface area contributed by atoms with Crippen LogP contribution in [0, 0.1) is 12.8 Å². The summed E-state index contributed by atoms with van der Waals surface area (Å²) in [6.45, 7) is 4.60. The first-order valence-corrected chi connectivity index (χ1v) is 11.0. The maximum atomic E-state index is 12.6. The zero-order chi connectivity index (χ0) is 21.1. The molecule has 162 valence electrons. The Morgan fingerprint density at radius 2 is 2.00 bits per heavy atom. The molecule has 0 unspecified atom stereocenters. The van der Waals surface area contributed by atoms with Gasteiger partial charge in [0.05, 0.1) is 5.69 Å². The van der Waals surface area contributed by atoms with Crippen molar-refractivity contribution in [2.24, 2.45) is 13.0 Å². The van der Waals surface area contributed by atoms with E-state index in [-0.39, 0.29) is 5.91 Å². The van der Waals surface area contributed by atoms with Crippen LogP contribution in [0.3, 0.4) is 0 Å². The monoisotopic (exact) mass is 411 g/mol. The molecule has 1 N–H and O–H groups in total. The highest BCUT2D eigenvalue weighted by Gasteiger charge is 2.24. The molecular formula is C22H33N7O. The predicted octanol–water partition coefficient (Wildman–Crippen LogP) is 2.75. The van der Waals surface area contributed by atoms with Crippen molar-refractivity contribution in [3.8, 4) is 0 Å². The highest BCUT2D eigenvalue weighted by atomic mass is 16.2. The Balaban J connectivity index is 1.21. The summed E-state index contributed by atoms with van der Waals surface area (Å²) in [5, 5.41) is 7.80. The molecule has 0 bridgehead atoms. The van der Waals surface area contributed by atoms with Gasteiger partial charge in [-0.15, -0.1) is 0 Å². The quantitative estimate of drug-likeness (QED) is 0.720. The molecule has 1 aliphatic carbocycles. The number of aromatic nitrogens is 4. The summed E-state index contributed by atoms with van der Waals surface area (Å²) < 4.78 is 1.80. The van der Waals surface area contributed by atoms with Crippen LogP contribution in [-0.2, 0) is 18.4 Å². The van der Waals surface area contributed by atoms with Crippen LogP contribution in [0.25, 0.3) is 0 Å². The van der Waals surface area contributed by atoms with Gasteiger partial charge in [0.1, 0.15) is 18.0 Å². The highest BCUT2D eigenvalue weighted by molar-refractivity contribution is 5.75. The van der Waals surface area contributed by atoms with E-state index in [1.54, 1.807) is 11.0 Å². The number of piperidine rings is 1. The molecule has 8 nitrogen and oxygen atoms in total. The molecule has 1 aliphatic heterocycles. The lowest BCUT2D eigenvalue weighted by molar-refractivity contribution is -0.130. The van der Waals surface area contributed by atoms with Crippen molar-refractivity contribution in [1.82, 2.24) is 24.6 Å². The van der Waals surface area contributed by atoms with Crippen molar-refractivity contribution in [2.75, 3.05) is 30.4 Å². The fourth-order valence-corrected chi connectivity index (χ4v) is 4.15. The zero-order valence-corrected chi connectivity index (χ0v) is 18.3. The number of carbonyl (C=O) groups excluding carboxylic acids is 1. The largest absolute Gasteiger partial charge is 0.367 e. The Labute approximate surface area is 178 Å². The molecule has 4 rings (SSSR count). The number of aryl methyl sites for hydroxylation is 2. The van der Waals surface area contributed by atoms with Gasteiger partial charge in [0, 0.05) is 64.0 Å². The molecule has 2 aliphatic rings. The van der Waals surface area contributed by atoms with Crippen molar-refractivity contribution in [3.05, 3.63) is 29.8 Å². The summed E-state index contributed by atoms with van der Waals surface area (Å²) in [6.07, 6.45) is 9.91. The first kappa shape index (κ1) is 20.6. The van der Waals surface area contributed by atoms with Crippen LogP contribution < -0.4 is 10.2 Å². The number of rotatable bonds is 8. The summed E-state index contributed by atoms with van der Waals surface area (Å²) in [5.41, 5.74) is 2.10. The van der Waals surface area contributed by atoms with Gasteiger partial charge in [0.25, 0.3) is 0 Å². The van der Waals surface area contributed by atoms with Crippen molar-refractivity contribution in [2.45, 2.75) is 58.0 Å². The van der Waals surface area contributed by atoms with Gasteiger partial charge < -0.3 is 15.1 Å². The lowest BCUT2D eigenvalue weighted by Gasteiger charge is -2.33. The van der Waals surface area contributed by atoms with E-state index in [0.717, 1.165) is 55.2 Å². The highest BCUT2D eigenvalue weighted by Crippen LogP contribution is 2.28. The van der Waals surface area contributed by atoms with Crippen LogP contribution in [0.15, 0.2) is 18.6 Å². The number of nitrogens with zero attached hydrogens (tertiary/aromatic N) is 6. The summed E-state index contributed by atoms with van der Waals surface area (Å²) in [7, 11) is 3.80. The van der Waals surface area contributed by atoms with E-state index in [4.69, 9.17) is 0 Å². The molecule has 1 saturated heterocycles. The molecule has 1 amide bonds. The summed E-state index contributed by atoms with van der Waals surface area (Å²) in [6, 6.07) is 2.66. The van der Waals surface area contributed by atoms with Crippen LogP contribution >= 0.6 is 0 Å². The van der Waals surface area contributed by atoms with Gasteiger partial charge in [-0.2, -0.15) is 5.10 Å². The van der Waals surface area contributed by atoms with Crippen molar-refractivity contribution < 1.29 is 4.79 Å². The molecule has 2 fully saturated rings. The summed E-state index contributed by atoms with van der Waals surface area (Å²) in [5.74, 6) is 2.76. The van der Waals surface area contributed by atoms with Gasteiger partial charge in [-0.1, -0.05) is 0 Å². The third kappa shape index (κ3) is 5.29. The molecule has 2 aromatic rings. The van der Waals surface area contributed by atoms with Gasteiger partial charge >= 0.3 is 0 Å². The average molecular weight is 412 g/mol. The number of anilines is 2. The topological polar surface area (TPSA) is 79.2 Å². The van der Waals surface area contributed by atoms with Gasteiger partial charge in [-0.05, 0) is 44.9 Å². The SMILES string of the molecule is Cc1nn(C)cc1CN(C)C(=O)CCC1CCN(c2cc(NC3CC3)ncn2)CC1. The number of nitrogens with one attached hydrogen (secondary N) is 1. The van der Waals surface area contributed by atoms with Gasteiger partial charge in [0.15, 0.2) is 0 Å². The minimum atomic E-state index is 0.215. The first-order chi connectivity index (χ1) is 14.5. The van der Waals surface area contributed by atoms with Gasteiger partial charge in [-0.3, -0.25) is 9.48 Å². The molecule has 0 aromatic carbocycles. The normalized spacial score (nSPS) is 17.2. The van der Waals surface area contributed by atoms with Crippen molar-refractivity contribution in [1.29, 1.82) is 0 Å². The number of amides is 1. The zero-order valence-electron chi connectivity index (χ0n) is 18.3. The molecule has 0 radical (unpaired) electrons. The lowest BCUT2D eigenvalue weighted by atomic mass is 9.92. The first-order valence-electron chi connectivity index (χ1n) is 11.0. The van der Waals surface area contributed by atoms with Crippen LogP contribution in [0.5, 0.6) is 0 Å². The number of hydrogen-bond acceptors (Lipinski definition) is 6. The van der Waals surface area contributed by atoms with Gasteiger partial charge in [-0.25, -0.2) is 9.97 Å². The summed E-state index contributed by atoms with van der Waals surface area (Å²) in [4.78, 5) is 25.6. The van der Waals surface area contributed by atoms with E-state index < -0.39 is 0 Å². The molecule has 30 heavy (non-hydrogen) atoms. The van der Waals surface area contributed by atoms with Crippen molar-refractivity contribution >= 4 is 17.5 Å². The Bertz CT molecular complexity index is 868. The Morgan fingerprint density at radius 3 is 2.67 bits per heavy atom. The molecule has 1 saturated carbocycles. The van der Waals surface area contributed by atoms with Crippen LogP contribution in [-0.4, -0.2) is 56.7 Å². The second-order valence-electron chi connectivity index (χ2n) is 8.81. The molecular weight excluding hydrogens is 378 g/mol.